The monoisotopic (exact) mass is 313 g/mol. The molecule has 2 N–H and O–H groups in total. The van der Waals surface area contributed by atoms with Crippen LogP contribution in [0.3, 0.4) is 0 Å². The Hall–Kier alpha value is -3.09. The lowest BCUT2D eigenvalue weighted by molar-refractivity contribution is -0.118. The second-order valence-corrected chi connectivity index (χ2v) is 5.28. The minimum Gasteiger partial charge on any atom is -0.482 e. The summed E-state index contributed by atoms with van der Waals surface area (Å²) < 4.78 is 6.86. The normalized spacial score (nSPS) is 12.9. The van der Waals surface area contributed by atoms with Gasteiger partial charge in [-0.2, -0.15) is 0 Å². The summed E-state index contributed by atoms with van der Waals surface area (Å²) in [4.78, 5) is 35.1. The molecule has 0 aliphatic carbocycles. The summed E-state index contributed by atoms with van der Waals surface area (Å²) in [6.07, 6.45) is 1.61. The number of ether oxygens (including phenoxy) is 1. The van der Waals surface area contributed by atoms with Crippen LogP contribution in [0.2, 0.25) is 0 Å². The molecule has 2 aromatic rings. The Labute approximate surface area is 132 Å². The number of rotatable bonds is 3. The number of Topliss-reactive ketones (excluding diaryl/α,β-unsaturated/α-hetero) is 1. The van der Waals surface area contributed by atoms with E-state index in [1.807, 2.05) is 0 Å². The van der Waals surface area contributed by atoms with Crippen LogP contribution >= 0.6 is 0 Å². The van der Waals surface area contributed by atoms with Gasteiger partial charge in [0.1, 0.15) is 11.4 Å². The molecular weight excluding hydrogens is 298 g/mol. The number of carbonyl (C=O) groups is 3. The van der Waals surface area contributed by atoms with E-state index in [1.165, 1.54) is 6.92 Å². The van der Waals surface area contributed by atoms with Gasteiger partial charge in [0.2, 0.25) is 0 Å². The minimum atomic E-state index is -0.344. The van der Waals surface area contributed by atoms with E-state index in [9.17, 15) is 14.4 Å². The van der Waals surface area contributed by atoms with Crippen molar-refractivity contribution in [2.75, 3.05) is 17.2 Å². The van der Waals surface area contributed by atoms with Gasteiger partial charge < -0.3 is 19.9 Å². The predicted octanol–water partition coefficient (Wildman–Crippen LogP) is 1.81. The fourth-order valence-electron chi connectivity index (χ4n) is 2.34. The topological polar surface area (TPSA) is 89.4 Å². The Bertz CT molecular complexity index is 823. The van der Waals surface area contributed by atoms with Crippen LogP contribution < -0.4 is 15.4 Å². The number of nitrogens with one attached hydrogen (secondary N) is 2. The van der Waals surface area contributed by atoms with Gasteiger partial charge in [0, 0.05) is 24.5 Å². The van der Waals surface area contributed by atoms with E-state index in [1.54, 1.807) is 42.1 Å². The molecule has 7 heteroatoms. The van der Waals surface area contributed by atoms with Crippen molar-refractivity contribution in [2.24, 2.45) is 7.05 Å². The second kappa shape index (κ2) is 5.60. The first-order valence-electron chi connectivity index (χ1n) is 6.99. The molecule has 1 aromatic carbocycles. The minimum absolute atomic E-state index is 0.0180. The van der Waals surface area contributed by atoms with Gasteiger partial charge in [-0.05, 0) is 31.2 Å². The molecule has 0 bridgehead atoms. The summed E-state index contributed by atoms with van der Waals surface area (Å²) in [6.45, 7) is 1.43. The van der Waals surface area contributed by atoms with Crippen molar-refractivity contribution < 1.29 is 19.1 Å². The number of ketones is 1. The fraction of sp³-hybridized carbons (Fsp3) is 0.188. The number of aryl methyl sites for hydroxylation is 1. The quantitative estimate of drug-likeness (QED) is 0.846. The van der Waals surface area contributed by atoms with E-state index in [2.05, 4.69) is 10.6 Å². The number of anilines is 2. The summed E-state index contributed by atoms with van der Waals surface area (Å²) in [5, 5.41) is 5.42. The van der Waals surface area contributed by atoms with E-state index in [-0.39, 0.29) is 24.2 Å². The number of aromatic nitrogens is 1. The van der Waals surface area contributed by atoms with Gasteiger partial charge in [-0.1, -0.05) is 0 Å². The van der Waals surface area contributed by atoms with E-state index < -0.39 is 0 Å². The summed E-state index contributed by atoms with van der Waals surface area (Å²) in [5.74, 6) is -0.133. The molecule has 3 rings (SSSR count). The van der Waals surface area contributed by atoms with E-state index in [0.29, 0.717) is 28.4 Å². The number of benzene rings is 1. The first-order chi connectivity index (χ1) is 10.9. The van der Waals surface area contributed by atoms with Crippen LogP contribution in [-0.4, -0.2) is 28.8 Å². The Morgan fingerprint density at radius 2 is 2.09 bits per heavy atom. The largest absolute Gasteiger partial charge is 0.482 e. The summed E-state index contributed by atoms with van der Waals surface area (Å²) in [5.41, 5.74) is 1.87. The van der Waals surface area contributed by atoms with Crippen molar-refractivity contribution >= 4 is 29.0 Å². The average Bonchev–Trinajstić information content (AvgIpc) is 2.89. The summed E-state index contributed by atoms with van der Waals surface area (Å²) in [7, 11) is 1.70. The molecule has 1 aromatic heterocycles. The zero-order chi connectivity index (χ0) is 16.6. The third kappa shape index (κ3) is 2.94. The van der Waals surface area contributed by atoms with E-state index in [4.69, 9.17) is 4.74 Å². The Kier molecular flexibility index (Phi) is 3.61. The molecule has 2 heterocycles. The van der Waals surface area contributed by atoms with Crippen molar-refractivity contribution in [1.82, 2.24) is 4.57 Å². The van der Waals surface area contributed by atoms with E-state index >= 15 is 0 Å². The molecular formula is C16H15N3O4. The number of carbonyl (C=O) groups excluding carboxylic acids is 3. The molecule has 0 saturated carbocycles. The second-order valence-electron chi connectivity index (χ2n) is 5.28. The van der Waals surface area contributed by atoms with Crippen LogP contribution in [0, 0.1) is 0 Å². The standard InChI is InChI=1S/C16H15N3O4/c1-9(20)10-5-13(19(2)7-10)16(22)17-11-3-4-14-12(6-11)18-15(21)8-23-14/h3-7H,8H2,1-2H3,(H,17,22)(H,18,21). The van der Waals surface area contributed by atoms with Crippen molar-refractivity contribution in [3.63, 3.8) is 0 Å². The van der Waals surface area contributed by atoms with Crippen molar-refractivity contribution in [3.8, 4) is 5.75 Å². The van der Waals surface area contributed by atoms with Gasteiger partial charge in [0.05, 0.1) is 5.69 Å². The number of amides is 2. The summed E-state index contributed by atoms with van der Waals surface area (Å²) in [6, 6.07) is 6.53. The van der Waals surface area contributed by atoms with Crippen LogP contribution in [0.25, 0.3) is 0 Å². The molecule has 1 aliphatic heterocycles. The number of nitrogens with zero attached hydrogens (tertiary/aromatic N) is 1. The lowest BCUT2D eigenvalue weighted by Gasteiger charge is -2.18. The Morgan fingerprint density at radius 1 is 1.30 bits per heavy atom. The van der Waals surface area contributed by atoms with Gasteiger partial charge >= 0.3 is 0 Å². The van der Waals surface area contributed by atoms with Crippen LogP contribution in [0.4, 0.5) is 11.4 Å². The van der Waals surface area contributed by atoms with Gasteiger partial charge in [-0.3, -0.25) is 14.4 Å². The first kappa shape index (κ1) is 14.8. The highest BCUT2D eigenvalue weighted by Gasteiger charge is 2.18. The Morgan fingerprint density at radius 3 is 2.78 bits per heavy atom. The van der Waals surface area contributed by atoms with Gasteiger partial charge in [0.25, 0.3) is 11.8 Å². The van der Waals surface area contributed by atoms with Crippen LogP contribution in [0.5, 0.6) is 5.75 Å². The highest BCUT2D eigenvalue weighted by atomic mass is 16.5. The van der Waals surface area contributed by atoms with Crippen molar-refractivity contribution in [2.45, 2.75) is 6.92 Å². The first-order valence-corrected chi connectivity index (χ1v) is 6.99. The predicted molar refractivity (Wildman–Crippen MR) is 83.9 cm³/mol. The molecule has 0 fully saturated rings. The maximum atomic E-state index is 12.3. The molecule has 0 atom stereocenters. The van der Waals surface area contributed by atoms with Crippen molar-refractivity contribution in [1.29, 1.82) is 0 Å². The third-order valence-corrected chi connectivity index (χ3v) is 3.51. The van der Waals surface area contributed by atoms with Crippen molar-refractivity contribution in [3.05, 3.63) is 41.7 Å². The fourth-order valence-corrected chi connectivity index (χ4v) is 2.34. The molecule has 118 valence electrons. The zero-order valence-electron chi connectivity index (χ0n) is 12.7. The SMILES string of the molecule is CC(=O)c1cc(C(=O)Nc2ccc3c(c2)NC(=O)CO3)n(C)c1. The maximum Gasteiger partial charge on any atom is 0.272 e. The molecule has 0 unspecified atom stereocenters. The number of hydrogen-bond acceptors (Lipinski definition) is 4. The molecule has 0 spiro atoms. The van der Waals surface area contributed by atoms with Gasteiger partial charge in [0.15, 0.2) is 12.4 Å². The van der Waals surface area contributed by atoms with Crippen LogP contribution in [0.15, 0.2) is 30.5 Å². The van der Waals surface area contributed by atoms with Crippen LogP contribution in [0.1, 0.15) is 27.8 Å². The molecule has 7 nitrogen and oxygen atoms in total. The smallest absolute Gasteiger partial charge is 0.272 e. The Balaban J connectivity index is 1.82. The van der Waals surface area contributed by atoms with E-state index in [0.717, 1.165) is 0 Å². The molecule has 2 amide bonds. The van der Waals surface area contributed by atoms with Gasteiger partial charge in [-0.25, -0.2) is 0 Å². The molecule has 0 radical (unpaired) electrons. The summed E-state index contributed by atoms with van der Waals surface area (Å²) >= 11 is 0. The molecule has 0 saturated heterocycles. The number of fused-ring (bicyclic) bond motifs is 1. The lowest BCUT2D eigenvalue weighted by Crippen LogP contribution is -2.25. The highest BCUT2D eigenvalue weighted by Crippen LogP contribution is 2.30. The van der Waals surface area contributed by atoms with Crippen LogP contribution in [-0.2, 0) is 11.8 Å². The lowest BCUT2D eigenvalue weighted by atomic mass is 10.2. The highest BCUT2D eigenvalue weighted by molar-refractivity contribution is 6.06. The average molecular weight is 313 g/mol. The number of hydrogen-bond donors (Lipinski definition) is 2. The zero-order valence-corrected chi connectivity index (χ0v) is 12.7. The maximum absolute atomic E-state index is 12.3. The molecule has 23 heavy (non-hydrogen) atoms. The van der Waals surface area contributed by atoms with Gasteiger partial charge in [-0.15, -0.1) is 0 Å². The third-order valence-electron chi connectivity index (χ3n) is 3.51. The molecule has 1 aliphatic rings.